The fourth-order valence-electron chi connectivity index (χ4n) is 1.55. The van der Waals surface area contributed by atoms with Crippen molar-refractivity contribution in [2.45, 2.75) is 18.9 Å². The largest absolute Gasteiger partial charge is 0.378 e. The van der Waals surface area contributed by atoms with Crippen molar-refractivity contribution < 1.29 is 4.74 Å². The van der Waals surface area contributed by atoms with Crippen LogP contribution in [0.1, 0.15) is 12.8 Å². The van der Waals surface area contributed by atoms with E-state index in [0.717, 1.165) is 6.61 Å². The number of hydrogen-bond acceptors (Lipinski definition) is 2. The Kier molecular flexibility index (Phi) is 2.04. The molecule has 2 atom stereocenters. The van der Waals surface area contributed by atoms with Crippen molar-refractivity contribution in [2.24, 2.45) is 10.9 Å². The van der Waals surface area contributed by atoms with Gasteiger partial charge in [0.25, 0.3) is 0 Å². The molecule has 2 heterocycles. The summed E-state index contributed by atoms with van der Waals surface area (Å²) in [4.78, 5) is 4.09. The van der Waals surface area contributed by atoms with Crippen LogP contribution < -0.4 is 0 Å². The maximum absolute atomic E-state index is 5.54. The van der Waals surface area contributed by atoms with Crippen LogP contribution in [-0.2, 0) is 4.74 Å². The minimum atomic E-state index is 0.392. The fourth-order valence-corrected chi connectivity index (χ4v) is 1.55. The first-order valence-corrected chi connectivity index (χ1v) is 4.12. The molecule has 0 bridgehead atoms. The van der Waals surface area contributed by atoms with Crippen LogP contribution in [0.4, 0.5) is 0 Å². The molecule has 1 radical (unpaired) electrons. The Morgan fingerprint density at radius 1 is 1.45 bits per heavy atom. The lowest BCUT2D eigenvalue weighted by Crippen LogP contribution is -2.18. The average molecular weight is 150 g/mol. The first-order chi connectivity index (χ1) is 5.47. The summed E-state index contributed by atoms with van der Waals surface area (Å²) >= 11 is 0. The quantitative estimate of drug-likeness (QED) is 0.556. The van der Waals surface area contributed by atoms with E-state index in [0.29, 0.717) is 12.0 Å². The summed E-state index contributed by atoms with van der Waals surface area (Å²) in [6.07, 6.45) is 8.73. The van der Waals surface area contributed by atoms with Crippen LogP contribution in [0.25, 0.3) is 0 Å². The lowest BCUT2D eigenvalue weighted by Gasteiger charge is -2.18. The second kappa shape index (κ2) is 3.18. The van der Waals surface area contributed by atoms with Crippen LogP contribution in [0.15, 0.2) is 17.1 Å². The van der Waals surface area contributed by atoms with Gasteiger partial charge in [0.15, 0.2) is 0 Å². The molecule has 0 aromatic rings. The Balaban J connectivity index is 1.94. The van der Waals surface area contributed by atoms with E-state index in [-0.39, 0.29) is 0 Å². The molecule has 0 aromatic carbocycles. The van der Waals surface area contributed by atoms with Gasteiger partial charge >= 0.3 is 0 Å². The predicted octanol–water partition coefficient (Wildman–Crippen LogP) is 1.58. The van der Waals surface area contributed by atoms with Crippen LogP contribution in [0.5, 0.6) is 0 Å². The van der Waals surface area contributed by atoms with Crippen molar-refractivity contribution in [2.75, 3.05) is 6.61 Å². The minimum Gasteiger partial charge on any atom is -0.378 e. The molecule has 11 heavy (non-hydrogen) atoms. The van der Waals surface area contributed by atoms with Crippen molar-refractivity contribution in [1.82, 2.24) is 0 Å². The molecule has 1 fully saturated rings. The van der Waals surface area contributed by atoms with Gasteiger partial charge in [-0.1, -0.05) is 6.08 Å². The van der Waals surface area contributed by atoms with E-state index in [4.69, 9.17) is 4.74 Å². The molecular weight excluding hydrogens is 138 g/mol. The molecule has 2 aliphatic rings. The first-order valence-electron chi connectivity index (χ1n) is 4.12. The number of ether oxygens (including phenoxy) is 1. The molecule has 2 nitrogen and oxygen atoms in total. The number of aliphatic imine (C=N–C) groups is 1. The average Bonchev–Trinajstić information content (AvgIpc) is 2.58. The van der Waals surface area contributed by atoms with Gasteiger partial charge in [-0.2, -0.15) is 0 Å². The molecule has 2 rings (SSSR count). The summed E-state index contributed by atoms with van der Waals surface area (Å²) in [6, 6.07) is 0. The standard InChI is InChI=1S/C9H12NO/c1-3-8(7-10-5-1)9-4-2-6-11-9/h1,3,5,7-9H,2,4,6H2. The third-order valence-electron chi connectivity index (χ3n) is 2.16. The lowest BCUT2D eigenvalue weighted by molar-refractivity contribution is 0.0878. The zero-order valence-corrected chi connectivity index (χ0v) is 6.44. The van der Waals surface area contributed by atoms with Gasteiger partial charge in [0.05, 0.1) is 12.6 Å². The van der Waals surface area contributed by atoms with Crippen molar-refractivity contribution in [3.8, 4) is 0 Å². The summed E-state index contributed by atoms with van der Waals surface area (Å²) in [5, 5.41) is 0. The van der Waals surface area contributed by atoms with Gasteiger partial charge < -0.3 is 4.74 Å². The highest BCUT2D eigenvalue weighted by Gasteiger charge is 2.24. The molecule has 0 amide bonds. The molecule has 59 valence electrons. The maximum Gasteiger partial charge on any atom is 0.0817 e. The smallest absolute Gasteiger partial charge is 0.0817 e. The normalized spacial score (nSPS) is 36.4. The van der Waals surface area contributed by atoms with Crippen LogP contribution >= 0.6 is 0 Å². The highest BCUT2D eigenvalue weighted by molar-refractivity contribution is 5.72. The molecule has 0 aromatic heterocycles. The van der Waals surface area contributed by atoms with Gasteiger partial charge in [-0.15, -0.1) is 0 Å². The molecule has 2 heteroatoms. The highest BCUT2D eigenvalue weighted by atomic mass is 16.5. The fraction of sp³-hybridized carbons (Fsp3) is 0.556. The van der Waals surface area contributed by atoms with Gasteiger partial charge in [0.1, 0.15) is 0 Å². The van der Waals surface area contributed by atoms with E-state index in [1.165, 1.54) is 12.8 Å². The third-order valence-corrected chi connectivity index (χ3v) is 2.16. The van der Waals surface area contributed by atoms with Crippen LogP contribution in [0.2, 0.25) is 0 Å². The molecule has 0 saturated carbocycles. The Bertz CT molecular complexity index is 180. The second-order valence-electron chi connectivity index (χ2n) is 2.96. The maximum atomic E-state index is 5.54. The van der Waals surface area contributed by atoms with Gasteiger partial charge in [0, 0.05) is 18.7 Å². The van der Waals surface area contributed by atoms with Crippen LogP contribution in [0.3, 0.4) is 0 Å². The second-order valence-corrected chi connectivity index (χ2v) is 2.96. The Morgan fingerprint density at radius 3 is 3.09 bits per heavy atom. The monoisotopic (exact) mass is 150 g/mol. The summed E-state index contributed by atoms with van der Waals surface area (Å²) in [6.45, 7) is 2.89. The lowest BCUT2D eigenvalue weighted by atomic mass is 9.98. The molecular formula is C9H12NO. The van der Waals surface area contributed by atoms with Gasteiger partial charge in [0.2, 0.25) is 0 Å². The topological polar surface area (TPSA) is 21.6 Å². The number of rotatable bonds is 1. The van der Waals surface area contributed by atoms with Gasteiger partial charge in [-0.3, -0.25) is 4.99 Å². The highest BCUT2D eigenvalue weighted by Crippen LogP contribution is 2.24. The molecule has 0 aliphatic carbocycles. The Hall–Kier alpha value is -0.630. The van der Waals surface area contributed by atoms with Gasteiger partial charge in [-0.05, 0) is 18.9 Å². The summed E-state index contributed by atoms with van der Waals surface area (Å²) < 4.78 is 5.54. The van der Waals surface area contributed by atoms with Crippen LogP contribution in [-0.4, -0.2) is 18.9 Å². The number of allylic oxidation sites excluding steroid dienone is 1. The van der Waals surface area contributed by atoms with Crippen molar-refractivity contribution in [1.29, 1.82) is 0 Å². The SMILES string of the molecule is [CH]1N=CC=CC1C1CCCO1. The van der Waals surface area contributed by atoms with E-state index in [2.05, 4.69) is 11.1 Å². The van der Waals surface area contributed by atoms with Gasteiger partial charge in [-0.25, -0.2) is 0 Å². The number of hydrogen-bond donors (Lipinski definition) is 0. The molecule has 0 N–H and O–H groups in total. The van der Waals surface area contributed by atoms with E-state index in [1.54, 1.807) is 0 Å². The van der Waals surface area contributed by atoms with Crippen molar-refractivity contribution >= 4 is 6.21 Å². The minimum absolute atomic E-state index is 0.392. The molecule has 2 unspecified atom stereocenters. The zero-order valence-electron chi connectivity index (χ0n) is 6.44. The molecule has 2 aliphatic heterocycles. The molecule has 1 saturated heterocycles. The number of dihydropyridines is 1. The van der Waals surface area contributed by atoms with E-state index < -0.39 is 0 Å². The molecule has 0 spiro atoms. The summed E-state index contributed by atoms with van der Waals surface area (Å²) in [5.74, 6) is 0.419. The van der Waals surface area contributed by atoms with E-state index >= 15 is 0 Å². The van der Waals surface area contributed by atoms with E-state index in [1.807, 2.05) is 18.8 Å². The third kappa shape index (κ3) is 1.51. The summed E-state index contributed by atoms with van der Waals surface area (Å²) in [7, 11) is 0. The zero-order chi connectivity index (χ0) is 7.52. The summed E-state index contributed by atoms with van der Waals surface area (Å²) in [5.41, 5.74) is 0. The van der Waals surface area contributed by atoms with Crippen molar-refractivity contribution in [3.05, 3.63) is 18.7 Å². The predicted molar refractivity (Wildman–Crippen MR) is 44.4 cm³/mol. The Labute approximate surface area is 67.0 Å². The first kappa shape index (κ1) is 7.04. The Morgan fingerprint density at radius 2 is 2.45 bits per heavy atom. The van der Waals surface area contributed by atoms with Crippen LogP contribution in [0, 0.1) is 12.5 Å². The van der Waals surface area contributed by atoms with E-state index in [9.17, 15) is 0 Å². The number of nitrogens with zero attached hydrogens (tertiary/aromatic N) is 1. The van der Waals surface area contributed by atoms with Crippen molar-refractivity contribution in [3.63, 3.8) is 0 Å².